The van der Waals surface area contributed by atoms with Crippen LogP contribution in [0.4, 0.5) is 15.2 Å². The fraction of sp³-hybridized carbons (Fsp3) is 0.263. The number of nitrogens with zero attached hydrogens (tertiary/aromatic N) is 2. The average molecular weight is 371 g/mol. The number of hydrogen-bond acceptors (Lipinski definition) is 5. The zero-order valence-electron chi connectivity index (χ0n) is 14.5. The molecule has 1 aliphatic rings. The summed E-state index contributed by atoms with van der Waals surface area (Å²) in [7, 11) is 1.58. The Kier molecular flexibility index (Phi) is 4.24. The largest absolute Gasteiger partial charge is 0.495 e. The van der Waals surface area contributed by atoms with Gasteiger partial charge in [-0.05, 0) is 36.8 Å². The molecule has 1 amide bonds. The van der Waals surface area contributed by atoms with Gasteiger partial charge in [0, 0.05) is 13.1 Å². The van der Waals surface area contributed by atoms with Gasteiger partial charge in [-0.2, -0.15) is 0 Å². The van der Waals surface area contributed by atoms with Gasteiger partial charge >= 0.3 is 0 Å². The van der Waals surface area contributed by atoms with E-state index in [9.17, 15) is 9.18 Å². The highest BCUT2D eigenvalue weighted by molar-refractivity contribution is 7.22. The zero-order chi connectivity index (χ0) is 18.3. The Labute approximate surface area is 154 Å². The molecule has 4 rings (SSSR count). The van der Waals surface area contributed by atoms with Crippen molar-refractivity contribution in [2.75, 3.05) is 30.4 Å². The topological polar surface area (TPSA) is 54.5 Å². The average Bonchev–Trinajstić information content (AvgIpc) is 2.99. The third-order valence-corrected chi connectivity index (χ3v) is 5.58. The van der Waals surface area contributed by atoms with Crippen LogP contribution in [0, 0.1) is 18.7 Å². The molecule has 2 heterocycles. The van der Waals surface area contributed by atoms with E-state index in [-0.39, 0.29) is 17.6 Å². The Hall–Kier alpha value is -2.67. The lowest BCUT2D eigenvalue weighted by Crippen LogP contribution is -2.52. The maximum atomic E-state index is 13.8. The number of aromatic nitrogens is 1. The van der Waals surface area contributed by atoms with Gasteiger partial charge in [-0.1, -0.05) is 23.5 Å². The van der Waals surface area contributed by atoms with Gasteiger partial charge in [-0.25, -0.2) is 9.37 Å². The maximum Gasteiger partial charge on any atom is 0.231 e. The fourth-order valence-corrected chi connectivity index (χ4v) is 3.99. The van der Waals surface area contributed by atoms with Crippen LogP contribution in [0.5, 0.6) is 5.75 Å². The van der Waals surface area contributed by atoms with Crippen LogP contribution in [0.2, 0.25) is 0 Å². The Morgan fingerprint density at radius 3 is 2.88 bits per heavy atom. The minimum atomic E-state index is -0.314. The number of thiazole rings is 1. The molecule has 1 aromatic heterocycles. The number of fused-ring (bicyclic) bond motifs is 1. The number of carbonyl (C=O) groups is 1. The second-order valence-corrected chi connectivity index (χ2v) is 7.39. The summed E-state index contributed by atoms with van der Waals surface area (Å²) in [6.07, 6.45) is 0. The summed E-state index contributed by atoms with van der Waals surface area (Å²) < 4.78 is 19.9. The Balaban J connectivity index is 1.43. The predicted octanol–water partition coefficient (Wildman–Crippen LogP) is 3.83. The minimum Gasteiger partial charge on any atom is -0.495 e. The highest BCUT2D eigenvalue weighted by atomic mass is 32.1. The number of ether oxygens (including phenoxy) is 1. The number of carbonyl (C=O) groups excluding carboxylic acids is 1. The first-order valence-corrected chi connectivity index (χ1v) is 9.12. The van der Waals surface area contributed by atoms with E-state index >= 15 is 0 Å². The molecule has 0 unspecified atom stereocenters. The number of aryl methyl sites for hydroxylation is 1. The number of halogens is 1. The maximum absolute atomic E-state index is 13.8. The molecule has 0 saturated carbocycles. The van der Waals surface area contributed by atoms with Crippen LogP contribution >= 0.6 is 11.3 Å². The van der Waals surface area contributed by atoms with E-state index < -0.39 is 0 Å². The third-order valence-electron chi connectivity index (χ3n) is 4.49. The molecule has 1 fully saturated rings. The number of benzene rings is 2. The first-order valence-electron chi connectivity index (χ1n) is 8.30. The van der Waals surface area contributed by atoms with Gasteiger partial charge in [0.1, 0.15) is 17.1 Å². The van der Waals surface area contributed by atoms with Crippen LogP contribution in [0.3, 0.4) is 0 Å². The van der Waals surface area contributed by atoms with Gasteiger partial charge in [0.05, 0.1) is 23.4 Å². The molecule has 0 atom stereocenters. The highest BCUT2D eigenvalue weighted by Gasteiger charge is 2.34. The van der Waals surface area contributed by atoms with Crippen molar-refractivity contribution in [3.05, 3.63) is 47.8 Å². The summed E-state index contributed by atoms with van der Waals surface area (Å²) >= 11 is 1.44. The van der Waals surface area contributed by atoms with Gasteiger partial charge in [0.25, 0.3) is 0 Å². The van der Waals surface area contributed by atoms with E-state index in [1.165, 1.54) is 17.4 Å². The summed E-state index contributed by atoms with van der Waals surface area (Å²) in [5.41, 5.74) is 2.12. The number of amides is 1. The second-order valence-electron chi connectivity index (χ2n) is 6.38. The molecular weight excluding hydrogens is 353 g/mol. The second kappa shape index (κ2) is 6.57. The molecule has 1 N–H and O–H groups in total. The highest BCUT2D eigenvalue weighted by Crippen LogP contribution is 2.34. The number of nitrogens with one attached hydrogen (secondary N) is 1. The Morgan fingerprint density at radius 2 is 2.15 bits per heavy atom. The molecule has 26 heavy (non-hydrogen) atoms. The lowest BCUT2D eigenvalue weighted by Gasteiger charge is -2.38. The van der Waals surface area contributed by atoms with Crippen molar-refractivity contribution in [2.45, 2.75) is 6.92 Å². The monoisotopic (exact) mass is 371 g/mol. The van der Waals surface area contributed by atoms with E-state index in [1.807, 2.05) is 36.1 Å². The van der Waals surface area contributed by atoms with Crippen molar-refractivity contribution >= 4 is 38.3 Å². The molecule has 0 spiro atoms. The van der Waals surface area contributed by atoms with Crippen LogP contribution in [0.15, 0.2) is 36.4 Å². The van der Waals surface area contributed by atoms with Gasteiger partial charge in [-0.15, -0.1) is 0 Å². The van der Waals surface area contributed by atoms with Crippen molar-refractivity contribution in [2.24, 2.45) is 5.92 Å². The lowest BCUT2D eigenvalue weighted by atomic mass is 10.00. The van der Waals surface area contributed by atoms with Gasteiger partial charge in [0.15, 0.2) is 5.13 Å². The van der Waals surface area contributed by atoms with Crippen LogP contribution in [0.25, 0.3) is 10.2 Å². The molecule has 1 saturated heterocycles. The quantitative estimate of drug-likeness (QED) is 0.757. The molecule has 7 heteroatoms. The van der Waals surface area contributed by atoms with Crippen molar-refractivity contribution in [3.63, 3.8) is 0 Å². The Bertz CT molecular complexity index is 982. The third kappa shape index (κ3) is 2.99. The number of rotatable bonds is 4. The number of methoxy groups -OCH3 is 1. The van der Waals surface area contributed by atoms with Gasteiger partial charge < -0.3 is 15.0 Å². The summed E-state index contributed by atoms with van der Waals surface area (Å²) in [4.78, 5) is 18.9. The van der Waals surface area contributed by atoms with Crippen molar-refractivity contribution in [1.29, 1.82) is 0 Å². The van der Waals surface area contributed by atoms with E-state index in [0.717, 1.165) is 15.4 Å². The summed E-state index contributed by atoms with van der Waals surface area (Å²) in [5, 5.41) is 3.70. The van der Waals surface area contributed by atoms with Crippen LogP contribution in [-0.2, 0) is 4.79 Å². The van der Waals surface area contributed by atoms with E-state index in [0.29, 0.717) is 30.0 Å². The summed E-state index contributed by atoms with van der Waals surface area (Å²) in [6.45, 7) is 3.11. The molecule has 0 radical (unpaired) electrons. The molecule has 2 aromatic carbocycles. The molecule has 3 aromatic rings. The van der Waals surface area contributed by atoms with Crippen molar-refractivity contribution in [1.82, 2.24) is 4.98 Å². The van der Waals surface area contributed by atoms with Crippen LogP contribution in [-0.4, -0.2) is 31.1 Å². The SMILES string of the molecule is COc1ccc(C)cc1NC(=O)C1CN(c2nc3c(F)cccc3s2)C1. The van der Waals surface area contributed by atoms with Crippen molar-refractivity contribution < 1.29 is 13.9 Å². The molecular formula is C19H18FN3O2S. The number of anilines is 2. The molecule has 0 bridgehead atoms. The molecule has 134 valence electrons. The van der Waals surface area contributed by atoms with E-state index in [4.69, 9.17) is 4.74 Å². The smallest absolute Gasteiger partial charge is 0.231 e. The molecule has 0 aliphatic carbocycles. The minimum absolute atomic E-state index is 0.0440. The first-order chi connectivity index (χ1) is 12.5. The summed E-state index contributed by atoms with van der Waals surface area (Å²) in [5.74, 6) is 0.155. The van der Waals surface area contributed by atoms with Crippen LogP contribution < -0.4 is 15.0 Å². The number of hydrogen-bond donors (Lipinski definition) is 1. The molecule has 5 nitrogen and oxygen atoms in total. The number of para-hydroxylation sites is 1. The van der Waals surface area contributed by atoms with E-state index in [1.54, 1.807) is 13.2 Å². The van der Waals surface area contributed by atoms with Crippen LogP contribution in [0.1, 0.15) is 5.56 Å². The van der Waals surface area contributed by atoms with Crippen molar-refractivity contribution in [3.8, 4) is 5.75 Å². The Morgan fingerprint density at radius 1 is 1.35 bits per heavy atom. The lowest BCUT2D eigenvalue weighted by molar-refractivity contribution is -0.120. The van der Waals surface area contributed by atoms with E-state index in [2.05, 4.69) is 10.3 Å². The normalized spacial score (nSPS) is 14.3. The zero-order valence-corrected chi connectivity index (χ0v) is 15.3. The first kappa shape index (κ1) is 16.8. The predicted molar refractivity (Wildman–Crippen MR) is 102 cm³/mol. The van der Waals surface area contributed by atoms with Gasteiger partial charge in [-0.3, -0.25) is 4.79 Å². The molecule has 1 aliphatic heterocycles. The fourth-order valence-electron chi connectivity index (χ4n) is 2.99. The standard InChI is InChI=1S/C19H18FN3O2S/c1-11-6-7-15(25-2)14(8-11)21-18(24)12-9-23(10-12)19-22-17-13(20)4-3-5-16(17)26-19/h3-8,12H,9-10H2,1-2H3,(H,21,24). The summed E-state index contributed by atoms with van der Waals surface area (Å²) in [6, 6.07) is 10.6. The van der Waals surface area contributed by atoms with Gasteiger partial charge in [0.2, 0.25) is 5.91 Å².